The number of carbonyl (C=O) groups is 1. The summed E-state index contributed by atoms with van der Waals surface area (Å²) >= 11 is 0. The standard InChI is InChI=1S/C20H23NO5/c1-21-20(22)11-5-15-4-6-18(24-3)14-19(15)26-13-12-25-17-9-7-16(23-2)8-10-17/h4-11,14H,12-13H2,1-3H3,(H,21,22)/b11-5+. The van der Waals surface area contributed by atoms with Gasteiger partial charge in [0.15, 0.2) is 0 Å². The summed E-state index contributed by atoms with van der Waals surface area (Å²) in [5.74, 6) is 2.61. The summed E-state index contributed by atoms with van der Waals surface area (Å²) in [7, 11) is 4.79. The molecule has 0 aliphatic heterocycles. The first kappa shape index (κ1) is 19.2. The molecule has 0 heterocycles. The van der Waals surface area contributed by atoms with Gasteiger partial charge in [0.2, 0.25) is 5.91 Å². The van der Waals surface area contributed by atoms with Crippen LogP contribution in [-0.2, 0) is 4.79 Å². The second-order valence-corrected chi connectivity index (χ2v) is 5.22. The van der Waals surface area contributed by atoms with Gasteiger partial charge in [-0.2, -0.15) is 0 Å². The van der Waals surface area contributed by atoms with Gasteiger partial charge in [-0.3, -0.25) is 4.79 Å². The lowest BCUT2D eigenvalue weighted by Gasteiger charge is -2.12. The zero-order valence-corrected chi connectivity index (χ0v) is 15.2. The van der Waals surface area contributed by atoms with Crippen LogP contribution < -0.4 is 24.3 Å². The minimum absolute atomic E-state index is 0.186. The third kappa shape index (κ3) is 5.73. The minimum Gasteiger partial charge on any atom is -0.497 e. The first-order valence-electron chi connectivity index (χ1n) is 8.13. The molecule has 0 radical (unpaired) electrons. The molecule has 0 aliphatic rings. The Morgan fingerprint density at radius 2 is 1.54 bits per heavy atom. The molecule has 1 N–H and O–H groups in total. The molecule has 0 spiro atoms. The van der Waals surface area contributed by atoms with E-state index in [-0.39, 0.29) is 5.91 Å². The number of rotatable bonds is 9. The number of hydrogen-bond acceptors (Lipinski definition) is 5. The Hall–Kier alpha value is -3.15. The van der Waals surface area contributed by atoms with Crippen LogP contribution in [-0.4, -0.2) is 40.4 Å². The van der Waals surface area contributed by atoms with Crippen LogP contribution in [0.4, 0.5) is 0 Å². The largest absolute Gasteiger partial charge is 0.497 e. The first-order chi connectivity index (χ1) is 12.7. The third-order valence-corrected chi connectivity index (χ3v) is 3.55. The molecule has 2 rings (SSSR count). The van der Waals surface area contributed by atoms with Gasteiger partial charge in [-0.1, -0.05) is 0 Å². The highest BCUT2D eigenvalue weighted by molar-refractivity contribution is 5.91. The summed E-state index contributed by atoms with van der Waals surface area (Å²) in [6, 6.07) is 12.8. The molecule has 0 saturated carbocycles. The Morgan fingerprint density at radius 3 is 2.19 bits per heavy atom. The highest BCUT2D eigenvalue weighted by atomic mass is 16.5. The third-order valence-electron chi connectivity index (χ3n) is 3.55. The van der Waals surface area contributed by atoms with Crippen molar-refractivity contribution in [3.63, 3.8) is 0 Å². The SMILES string of the molecule is CNC(=O)/C=C/c1ccc(OC)cc1OCCOc1ccc(OC)cc1. The van der Waals surface area contributed by atoms with Crippen molar-refractivity contribution in [3.8, 4) is 23.0 Å². The Bertz CT molecular complexity index is 740. The summed E-state index contributed by atoms with van der Waals surface area (Å²) in [6.45, 7) is 0.724. The van der Waals surface area contributed by atoms with Crippen LogP contribution in [0.2, 0.25) is 0 Å². The number of hydrogen-bond donors (Lipinski definition) is 1. The van der Waals surface area contributed by atoms with Crippen LogP contribution in [0.3, 0.4) is 0 Å². The Balaban J connectivity index is 1.95. The number of nitrogens with one attached hydrogen (secondary N) is 1. The van der Waals surface area contributed by atoms with Gasteiger partial charge < -0.3 is 24.3 Å². The van der Waals surface area contributed by atoms with E-state index < -0.39 is 0 Å². The molecule has 0 atom stereocenters. The molecule has 2 aromatic carbocycles. The van der Waals surface area contributed by atoms with Crippen molar-refractivity contribution in [1.82, 2.24) is 5.32 Å². The summed E-state index contributed by atoms with van der Waals surface area (Å²) in [5, 5.41) is 2.54. The molecular formula is C20H23NO5. The van der Waals surface area contributed by atoms with E-state index in [1.165, 1.54) is 6.08 Å². The van der Waals surface area contributed by atoms with E-state index in [4.69, 9.17) is 18.9 Å². The molecule has 0 bridgehead atoms. The van der Waals surface area contributed by atoms with Gasteiger partial charge in [0, 0.05) is 24.8 Å². The molecule has 6 heteroatoms. The fourth-order valence-corrected chi connectivity index (χ4v) is 2.14. The predicted molar refractivity (Wildman–Crippen MR) is 100 cm³/mol. The van der Waals surface area contributed by atoms with Gasteiger partial charge in [0.1, 0.15) is 36.2 Å². The molecule has 0 fully saturated rings. The number of ether oxygens (including phenoxy) is 4. The minimum atomic E-state index is -0.186. The lowest BCUT2D eigenvalue weighted by atomic mass is 10.1. The maximum Gasteiger partial charge on any atom is 0.243 e. The summed E-state index contributed by atoms with van der Waals surface area (Å²) in [5.41, 5.74) is 0.777. The van der Waals surface area contributed by atoms with Gasteiger partial charge in [-0.25, -0.2) is 0 Å². The number of benzene rings is 2. The summed E-state index contributed by atoms with van der Waals surface area (Å²) in [6.07, 6.45) is 3.14. The summed E-state index contributed by atoms with van der Waals surface area (Å²) < 4.78 is 21.8. The molecule has 0 saturated heterocycles. The zero-order chi connectivity index (χ0) is 18.8. The normalized spacial score (nSPS) is 10.4. The fourth-order valence-electron chi connectivity index (χ4n) is 2.14. The topological polar surface area (TPSA) is 66.0 Å². The van der Waals surface area contributed by atoms with E-state index in [0.29, 0.717) is 24.7 Å². The molecular weight excluding hydrogens is 334 g/mol. The molecule has 6 nitrogen and oxygen atoms in total. The van der Waals surface area contributed by atoms with Gasteiger partial charge in [-0.15, -0.1) is 0 Å². The highest BCUT2D eigenvalue weighted by Gasteiger charge is 2.05. The Morgan fingerprint density at radius 1 is 0.923 bits per heavy atom. The van der Waals surface area contributed by atoms with Crippen molar-refractivity contribution in [2.45, 2.75) is 0 Å². The van der Waals surface area contributed by atoms with Crippen molar-refractivity contribution in [3.05, 3.63) is 54.1 Å². The maximum atomic E-state index is 11.4. The fraction of sp³-hybridized carbons (Fsp3) is 0.250. The Kier molecular flexibility index (Phi) is 7.36. The van der Waals surface area contributed by atoms with E-state index in [0.717, 1.165) is 17.1 Å². The number of likely N-dealkylation sites (N-methyl/N-ethyl adjacent to an activating group) is 1. The molecule has 138 valence electrons. The van der Waals surface area contributed by atoms with Crippen LogP contribution >= 0.6 is 0 Å². The molecule has 0 aromatic heterocycles. The number of amides is 1. The summed E-state index contributed by atoms with van der Waals surface area (Å²) in [4.78, 5) is 11.4. The molecule has 2 aromatic rings. The van der Waals surface area contributed by atoms with E-state index in [1.807, 2.05) is 36.4 Å². The average molecular weight is 357 g/mol. The lowest BCUT2D eigenvalue weighted by Crippen LogP contribution is -2.14. The van der Waals surface area contributed by atoms with Crippen LogP contribution in [0, 0.1) is 0 Å². The smallest absolute Gasteiger partial charge is 0.243 e. The lowest BCUT2D eigenvalue weighted by molar-refractivity contribution is -0.115. The Labute approximate surface area is 153 Å². The van der Waals surface area contributed by atoms with Crippen LogP contribution in [0.5, 0.6) is 23.0 Å². The van der Waals surface area contributed by atoms with E-state index >= 15 is 0 Å². The first-order valence-corrected chi connectivity index (χ1v) is 8.13. The van der Waals surface area contributed by atoms with E-state index in [1.54, 1.807) is 33.4 Å². The van der Waals surface area contributed by atoms with Gasteiger partial charge in [0.05, 0.1) is 14.2 Å². The highest BCUT2D eigenvalue weighted by Crippen LogP contribution is 2.26. The van der Waals surface area contributed by atoms with Gasteiger partial charge >= 0.3 is 0 Å². The van der Waals surface area contributed by atoms with Gasteiger partial charge in [0.25, 0.3) is 0 Å². The molecule has 26 heavy (non-hydrogen) atoms. The number of methoxy groups -OCH3 is 2. The second kappa shape index (κ2) is 9.98. The van der Waals surface area contributed by atoms with Crippen molar-refractivity contribution < 1.29 is 23.7 Å². The van der Waals surface area contributed by atoms with Crippen LogP contribution in [0.15, 0.2) is 48.5 Å². The van der Waals surface area contributed by atoms with Crippen molar-refractivity contribution >= 4 is 12.0 Å². The second-order valence-electron chi connectivity index (χ2n) is 5.22. The molecule has 0 unspecified atom stereocenters. The predicted octanol–water partition coefficient (Wildman–Crippen LogP) is 2.92. The van der Waals surface area contributed by atoms with E-state index in [9.17, 15) is 4.79 Å². The number of carbonyl (C=O) groups excluding carboxylic acids is 1. The van der Waals surface area contributed by atoms with Crippen molar-refractivity contribution in [2.75, 3.05) is 34.5 Å². The molecule has 0 aliphatic carbocycles. The molecule has 1 amide bonds. The zero-order valence-electron chi connectivity index (χ0n) is 15.2. The van der Waals surface area contributed by atoms with E-state index in [2.05, 4.69) is 5.32 Å². The maximum absolute atomic E-state index is 11.4. The van der Waals surface area contributed by atoms with Crippen LogP contribution in [0.1, 0.15) is 5.56 Å². The van der Waals surface area contributed by atoms with Crippen molar-refractivity contribution in [2.24, 2.45) is 0 Å². The van der Waals surface area contributed by atoms with Crippen molar-refractivity contribution in [1.29, 1.82) is 0 Å². The van der Waals surface area contributed by atoms with Crippen LogP contribution in [0.25, 0.3) is 6.08 Å². The quantitative estimate of drug-likeness (QED) is 0.552. The monoisotopic (exact) mass is 357 g/mol. The van der Waals surface area contributed by atoms with Gasteiger partial charge in [-0.05, 0) is 42.5 Å². The average Bonchev–Trinajstić information content (AvgIpc) is 2.70.